The molecule has 0 bridgehead atoms. The molecule has 7 nitrogen and oxygen atoms in total. The predicted molar refractivity (Wildman–Crippen MR) is 63.6 cm³/mol. The standard InChI is InChI=1S/C11H14N4O3/c12-11-10-6(1-2-13-11)15(5-14-10)9-3-7(17)8(4-16)18-9/h1-2,5,7-9,16-17H,3-4H2,(H2,12,13)/t7-,8+,9+/m0/s1. The van der Waals surface area contributed by atoms with E-state index in [-0.39, 0.29) is 12.8 Å². The van der Waals surface area contributed by atoms with Gasteiger partial charge in [-0.3, -0.25) is 0 Å². The second-order valence-electron chi connectivity index (χ2n) is 4.33. The number of imidazole rings is 1. The Kier molecular flexibility index (Phi) is 2.66. The molecule has 0 aromatic carbocycles. The minimum absolute atomic E-state index is 0.200. The third-order valence-corrected chi connectivity index (χ3v) is 3.22. The lowest BCUT2D eigenvalue weighted by Gasteiger charge is -2.14. The van der Waals surface area contributed by atoms with E-state index in [1.807, 2.05) is 0 Å². The van der Waals surface area contributed by atoms with Crippen LogP contribution >= 0.6 is 0 Å². The molecule has 2 aromatic heterocycles. The number of hydrogen-bond acceptors (Lipinski definition) is 6. The van der Waals surface area contributed by atoms with E-state index in [4.69, 9.17) is 15.6 Å². The topological polar surface area (TPSA) is 106 Å². The average Bonchev–Trinajstić information content (AvgIpc) is 2.93. The fraction of sp³-hybridized carbons (Fsp3) is 0.455. The van der Waals surface area contributed by atoms with Crippen LogP contribution < -0.4 is 5.73 Å². The van der Waals surface area contributed by atoms with Gasteiger partial charge < -0.3 is 25.3 Å². The Balaban J connectivity index is 1.99. The van der Waals surface area contributed by atoms with Crippen molar-refractivity contribution in [2.45, 2.75) is 24.9 Å². The molecule has 1 aliphatic heterocycles. The number of pyridine rings is 1. The molecule has 0 saturated carbocycles. The van der Waals surface area contributed by atoms with E-state index in [9.17, 15) is 5.11 Å². The third kappa shape index (κ3) is 1.64. The van der Waals surface area contributed by atoms with Crippen LogP contribution in [0.1, 0.15) is 12.6 Å². The van der Waals surface area contributed by atoms with Crippen LogP contribution in [0.25, 0.3) is 11.0 Å². The number of fused-ring (bicyclic) bond motifs is 1. The summed E-state index contributed by atoms with van der Waals surface area (Å²) in [5.41, 5.74) is 7.15. The SMILES string of the molecule is Nc1nccc2c1ncn2[C@H]1C[C@H](O)[C@@H](CO)O1. The van der Waals surface area contributed by atoms with E-state index in [1.54, 1.807) is 23.2 Å². The molecule has 0 unspecified atom stereocenters. The number of nitrogens with two attached hydrogens (primary N) is 1. The van der Waals surface area contributed by atoms with Gasteiger partial charge in [0.25, 0.3) is 0 Å². The van der Waals surface area contributed by atoms with E-state index >= 15 is 0 Å². The lowest BCUT2D eigenvalue weighted by atomic mass is 10.2. The van der Waals surface area contributed by atoms with Crippen molar-refractivity contribution in [2.75, 3.05) is 12.3 Å². The number of ether oxygens (including phenoxy) is 1. The van der Waals surface area contributed by atoms with Crippen LogP contribution in [0, 0.1) is 0 Å². The van der Waals surface area contributed by atoms with Crippen LogP contribution in [0.15, 0.2) is 18.6 Å². The lowest BCUT2D eigenvalue weighted by Crippen LogP contribution is -2.24. The van der Waals surface area contributed by atoms with Gasteiger partial charge in [0.05, 0.1) is 24.6 Å². The van der Waals surface area contributed by atoms with Gasteiger partial charge in [-0.15, -0.1) is 0 Å². The third-order valence-electron chi connectivity index (χ3n) is 3.22. The van der Waals surface area contributed by atoms with Gasteiger partial charge in [-0.05, 0) is 6.07 Å². The minimum atomic E-state index is -0.670. The summed E-state index contributed by atoms with van der Waals surface area (Å²) in [7, 11) is 0. The average molecular weight is 250 g/mol. The monoisotopic (exact) mass is 250 g/mol. The van der Waals surface area contributed by atoms with Gasteiger partial charge in [-0.25, -0.2) is 9.97 Å². The Bertz CT molecular complexity index is 570. The molecule has 3 atom stereocenters. The zero-order valence-electron chi connectivity index (χ0n) is 9.60. The maximum absolute atomic E-state index is 9.73. The first-order valence-corrected chi connectivity index (χ1v) is 5.72. The Labute approximate surface area is 103 Å². The van der Waals surface area contributed by atoms with Gasteiger partial charge in [-0.2, -0.15) is 0 Å². The number of rotatable bonds is 2. The van der Waals surface area contributed by atoms with Crippen LogP contribution in [0.2, 0.25) is 0 Å². The first-order chi connectivity index (χ1) is 8.70. The van der Waals surface area contributed by atoms with Gasteiger partial charge in [-0.1, -0.05) is 0 Å². The second-order valence-corrected chi connectivity index (χ2v) is 4.33. The summed E-state index contributed by atoms with van der Waals surface area (Å²) in [5, 5.41) is 18.8. The molecule has 0 aliphatic carbocycles. The Morgan fingerprint density at radius 3 is 3.06 bits per heavy atom. The smallest absolute Gasteiger partial charge is 0.151 e. The summed E-state index contributed by atoms with van der Waals surface area (Å²) in [4.78, 5) is 8.16. The highest BCUT2D eigenvalue weighted by molar-refractivity contribution is 5.84. The number of aliphatic hydroxyl groups excluding tert-OH is 2. The highest BCUT2D eigenvalue weighted by Gasteiger charge is 2.34. The minimum Gasteiger partial charge on any atom is -0.394 e. The summed E-state index contributed by atoms with van der Waals surface area (Å²) in [5.74, 6) is 0.364. The van der Waals surface area contributed by atoms with Crippen LogP contribution in [0.3, 0.4) is 0 Å². The molecular weight excluding hydrogens is 236 g/mol. The van der Waals surface area contributed by atoms with Crippen molar-refractivity contribution < 1.29 is 14.9 Å². The molecule has 1 aliphatic rings. The highest BCUT2D eigenvalue weighted by Crippen LogP contribution is 2.31. The van der Waals surface area contributed by atoms with Crippen molar-refractivity contribution in [1.29, 1.82) is 0 Å². The van der Waals surface area contributed by atoms with E-state index in [1.165, 1.54) is 0 Å². The zero-order chi connectivity index (χ0) is 12.7. The van der Waals surface area contributed by atoms with Crippen LogP contribution in [0.4, 0.5) is 5.82 Å². The summed E-state index contributed by atoms with van der Waals surface area (Å²) in [6.45, 7) is -0.200. The van der Waals surface area contributed by atoms with E-state index in [0.717, 1.165) is 5.52 Å². The number of aliphatic hydroxyl groups is 2. The first kappa shape index (κ1) is 11.4. The summed E-state index contributed by atoms with van der Waals surface area (Å²) in [6.07, 6.45) is 2.07. The fourth-order valence-corrected chi connectivity index (χ4v) is 2.26. The van der Waals surface area contributed by atoms with Gasteiger partial charge >= 0.3 is 0 Å². The molecule has 18 heavy (non-hydrogen) atoms. The van der Waals surface area contributed by atoms with E-state index in [2.05, 4.69) is 9.97 Å². The van der Waals surface area contributed by atoms with Gasteiger partial charge in [0.1, 0.15) is 17.8 Å². The van der Waals surface area contributed by atoms with E-state index < -0.39 is 12.2 Å². The normalized spacial score (nSPS) is 28.0. The molecule has 1 fully saturated rings. The van der Waals surface area contributed by atoms with Gasteiger partial charge in [0.2, 0.25) is 0 Å². The zero-order valence-corrected chi connectivity index (χ0v) is 9.60. The molecule has 0 spiro atoms. The highest BCUT2D eigenvalue weighted by atomic mass is 16.5. The molecule has 7 heteroatoms. The van der Waals surface area contributed by atoms with Crippen molar-refractivity contribution in [3.05, 3.63) is 18.6 Å². The molecule has 4 N–H and O–H groups in total. The largest absolute Gasteiger partial charge is 0.394 e. The number of nitrogen functional groups attached to an aromatic ring is 1. The van der Waals surface area contributed by atoms with Crippen molar-refractivity contribution in [3.63, 3.8) is 0 Å². The van der Waals surface area contributed by atoms with Crippen molar-refractivity contribution in [1.82, 2.24) is 14.5 Å². The van der Waals surface area contributed by atoms with Crippen LogP contribution in [-0.4, -0.2) is 43.6 Å². The summed E-state index contributed by atoms with van der Waals surface area (Å²) >= 11 is 0. The molecule has 0 amide bonds. The summed E-state index contributed by atoms with van der Waals surface area (Å²) in [6, 6.07) is 1.79. The fourth-order valence-electron chi connectivity index (χ4n) is 2.26. The van der Waals surface area contributed by atoms with Crippen molar-refractivity contribution in [3.8, 4) is 0 Å². The molecule has 1 saturated heterocycles. The van der Waals surface area contributed by atoms with Crippen molar-refractivity contribution in [2.24, 2.45) is 0 Å². The number of anilines is 1. The Morgan fingerprint density at radius 2 is 2.33 bits per heavy atom. The Morgan fingerprint density at radius 1 is 1.50 bits per heavy atom. The Hall–Kier alpha value is -1.70. The molecule has 0 radical (unpaired) electrons. The molecular formula is C11H14N4O3. The van der Waals surface area contributed by atoms with Crippen LogP contribution in [0.5, 0.6) is 0 Å². The van der Waals surface area contributed by atoms with Gasteiger partial charge in [0, 0.05) is 12.6 Å². The second kappa shape index (κ2) is 4.20. The number of nitrogens with zero attached hydrogens (tertiary/aromatic N) is 3. The van der Waals surface area contributed by atoms with Crippen LogP contribution in [-0.2, 0) is 4.74 Å². The predicted octanol–water partition coefficient (Wildman–Crippen LogP) is -0.346. The van der Waals surface area contributed by atoms with E-state index in [0.29, 0.717) is 17.8 Å². The van der Waals surface area contributed by atoms with Crippen molar-refractivity contribution >= 4 is 16.9 Å². The molecule has 3 heterocycles. The molecule has 3 rings (SSSR count). The lowest BCUT2D eigenvalue weighted by molar-refractivity contribution is -0.0430. The van der Waals surface area contributed by atoms with Gasteiger partial charge in [0.15, 0.2) is 5.82 Å². The first-order valence-electron chi connectivity index (χ1n) is 5.72. The quantitative estimate of drug-likeness (QED) is 0.673. The summed E-state index contributed by atoms with van der Waals surface area (Å²) < 4.78 is 7.37. The maximum Gasteiger partial charge on any atom is 0.151 e. The number of aromatic nitrogens is 3. The molecule has 2 aromatic rings. The maximum atomic E-state index is 9.73. The molecule has 96 valence electrons. The number of hydrogen-bond donors (Lipinski definition) is 3.